The third-order valence-electron chi connectivity index (χ3n) is 2.76. The van der Waals surface area contributed by atoms with Gasteiger partial charge in [0.05, 0.1) is 19.8 Å². The first-order valence-corrected chi connectivity index (χ1v) is 6.41. The summed E-state index contributed by atoms with van der Waals surface area (Å²) in [6.07, 6.45) is 0.945. The van der Waals surface area contributed by atoms with Gasteiger partial charge in [0, 0.05) is 23.6 Å². The Morgan fingerprint density at radius 2 is 2.35 bits per heavy atom. The van der Waals surface area contributed by atoms with Gasteiger partial charge in [0.2, 0.25) is 0 Å². The Bertz CT molecular complexity index is 382. The SMILES string of the molecule is CCNCCOCc1cc(Cl)cc2c1OCC2. The van der Waals surface area contributed by atoms with Crippen LogP contribution in [0.15, 0.2) is 12.1 Å². The van der Waals surface area contributed by atoms with Crippen molar-refractivity contribution in [3.8, 4) is 5.75 Å². The molecule has 0 amide bonds. The van der Waals surface area contributed by atoms with Crippen molar-refractivity contribution >= 4 is 11.6 Å². The molecule has 1 heterocycles. The molecule has 0 radical (unpaired) electrons. The molecule has 4 heteroatoms. The monoisotopic (exact) mass is 255 g/mol. The Hall–Kier alpha value is -0.770. The van der Waals surface area contributed by atoms with Crippen LogP contribution in [0.1, 0.15) is 18.1 Å². The fraction of sp³-hybridized carbons (Fsp3) is 0.538. The smallest absolute Gasteiger partial charge is 0.128 e. The van der Waals surface area contributed by atoms with Crippen LogP contribution in [-0.4, -0.2) is 26.3 Å². The van der Waals surface area contributed by atoms with E-state index in [4.69, 9.17) is 21.1 Å². The standard InChI is InChI=1S/C13H18ClNO2/c1-2-15-4-6-16-9-11-8-12(14)7-10-3-5-17-13(10)11/h7-8,15H,2-6,9H2,1H3. The maximum atomic E-state index is 6.07. The Labute approximate surface area is 107 Å². The molecular weight excluding hydrogens is 238 g/mol. The molecule has 1 N–H and O–H groups in total. The molecule has 0 bridgehead atoms. The summed E-state index contributed by atoms with van der Waals surface area (Å²) in [5.74, 6) is 0.970. The number of benzene rings is 1. The van der Waals surface area contributed by atoms with Gasteiger partial charge in [-0.25, -0.2) is 0 Å². The molecular formula is C13H18ClNO2. The van der Waals surface area contributed by atoms with Crippen molar-refractivity contribution in [3.05, 3.63) is 28.3 Å². The zero-order valence-electron chi connectivity index (χ0n) is 10.1. The number of rotatable bonds is 6. The predicted molar refractivity (Wildman–Crippen MR) is 68.9 cm³/mol. The molecule has 1 aliphatic heterocycles. The van der Waals surface area contributed by atoms with Gasteiger partial charge in [0.15, 0.2) is 0 Å². The summed E-state index contributed by atoms with van der Waals surface area (Å²) in [4.78, 5) is 0. The van der Waals surface area contributed by atoms with Gasteiger partial charge in [-0.3, -0.25) is 0 Å². The topological polar surface area (TPSA) is 30.5 Å². The van der Waals surface area contributed by atoms with Gasteiger partial charge in [0.25, 0.3) is 0 Å². The van der Waals surface area contributed by atoms with E-state index in [1.807, 2.05) is 12.1 Å². The van der Waals surface area contributed by atoms with E-state index >= 15 is 0 Å². The van der Waals surface area contributed by atoms with E-state index in [1.54, 1.807) is 0 Å². The average molecular weight is 256 g/mol. The van der Waals surface area contributed by atoms with Gasteiger partial charge in [-0.2, -0.15) is 0 Å². The van der Waals surface area contributed by atoms with Crippen LogP contribution < -0.4 is 10.1 Å². The quantitative estimate of drug-likeness (QED) is 0.792. The highest BCUT2D eigenvalue weighted by Crippen LogP contribution is 2.33. The maximum Gasteiger partial charge on any atom is 0.128 e. The van der Waals surface area contributed by atoms with Crippen molar-refractivity contribution in [2.24, 2.45) is 0 Å². The minimum absolute atomic E-state index is 0.564. The van der Waals surface area contributed by atoms with Gasteiger partial charge in [-0.1, -0.05) is 18.5 Å². The first-order valence-electron chi connectivity index (χ1n) is 6.04. The lowest BCUT2D eigenvalue weighted by molar-refractivity contribution is 0.121. The van der Waals surface area contributed by atoms with Crippen LogP contribution in [0.5, 0.6) is 5.75 Å². The third kappa shape index (κ3) is 3.35. The van der Waals surface area contributed by atoms with Crippen molar-refractivity contribution in [1.82, 2.24) is 5.32 Å². The molecule has 0 aromatic heterocycles. The Balaban J connectivity index is 1.92. The van der Waals surface area contributed by atoms with Gasteiger partial charge in [0.1, 0.15) is 5.75 Å². The fourth-order valence-corrected chi connectivity index (χ4v) is 2.22. The van der Waals surface area contributed by atoms with E-state index in [9.17, 15) is 0 Å². The summed E-state index contributed by atoms with van der Waals surface area (Å²) >= 11 is 6.07. The minimum Gasteiger partial charge on any atom is -0.493 e. The second-order valence-electron chi connectivity index (χ2n) is 4.06. The highest BCUT2D eigenvalue weighted by molar-refractivity contribution is 6.30. The third-order valence-corrected chi connectivity index (χ3v) is 2.97. The Kier molecular flexibility index (Phi) is 4.66. The molecule has 0 aliphatic carbocycles. The van der Waals surface area contributed by atoms with Crippen LogP contribution in [-0.2, 0) is 17.8 Å². The molecule has 1 aliphatic rings. The molecule has 3 nitrogen and oxygen atoms in total. The molecule has 17 heavy (non-hydrogen) atoms. The van der Waals surface area contributed by atoms with Crippen LogP contribution in [0.2, 0.25) is 5.02 Å². The number of nitrogens with one attached hydrogen (secondary N) is 1. The van der Waals surface area contributed by atoms with E-state index in [0.717, 1.165) is 42.5 Å². The Morgan fingerprint density at radius 1 is 1.47 bits per heavy atom. The lowest BCUT2D eigenvalue weighted by Crippen LogP contribution is -2.18. The molecule has 0 saturated carbocycles. The highest BCUT2D eigenvalue weighted by atomic mass is 35.5. The van der Waals surface area contributed by atoms with E-state index in [-0.39, 0.29) is 0 Å². The van der Waals surface area contributed by atoms with Crippen LogP contribution in [0, 0.1) is 0 Å². The summed E-state index contributed by atoms with van der Waals surface area (Å²) in [6.45, 7) is 5.94. The van der Waals surface area contributed by atoms with Crippen molar-refractivity contribution in [3.63, 3.8) is 0 Å². The summed E-state index contributed by atoms with van der Waals surface area (Å²) in [5.41, 5.74) is 2.25. The number of fused-ring (bicyclic) bond motifs is 1. The first-order chi connectivity index (χ1) is 8.31. The molecule has 1 aromatic rings. The number of ether oxygens (including phenoxy) is 2. The lowest BCUT2D eigenvalue weighted by atomic mass is 10.1. The Morgan fingerprint density at radius 3 is 3.18 bits per heavy atom. The molecule has 0 saturated heterocycles. The number of hydrogen-bond donors (Lipinski definition) is 1. The minimum atomic E-state index is 0.564. The number of hydrogen-bond acceptors (Lipinski definition) is 3. The first kappa shape index (κ1) is 12.7. The van der Waals surface area contributed by atoms with Gasteiger partial charge >= 0.3 is 0 Å². The predicted octanol–water partition coefficient (Wildman–Crippen LogP) is 2.40. The van der Waals surface area contributed by atoms with Gasteiger partial charge in [-0.15, -0.1) is 0 Å². The fourth-order valence-electron chi connectivity index (χ4n) is 1.96. The van der Waals surface area contributed by atoms with E-state index in [2.05, 4.69) is 12.2 Å². The van der Waals surface area contributed by atoms with Crippen LogP contribution in [0.4, 0.5) is 0 Å². The largest absolute Gasteiger partial charge is 0.493 e. The summed E-state index contributed by atoms with van der Waals surface area (Å²) < 4.78 is 11.2. The molecule has 0 fully saturated rings. The second kappa shape index (κ2) is 6.24. The normalized spacial score (nSPS) is 13.5. The number of likely N-dealkylation sites (N-methyl/N-ethyl adjacent to an activating group) is 1. The second-order valence-corrected chi connectivity index (χ2v) is 4.49. The zero-order chi connectivity index (χ0) is 12.1. The summed E-state index contributed by atoms with van der Waals surface area (Å²) in [5, 5.41) is 3.98. The van der Waals surface area contributed by atoms with Crippen molar-refractivity contribution in [1.29, 1.82) is 0 Å². The van der Waals surface area contributed by atoms with E-state index in [1.165, 1.54) is 5.56 Å². The van der Waals surface area contributed by atoms with Gasteiger partial charge in [-0.05, 0) is 24.2 Å². The lowest BCUT2D eigenvalue weighted by Gasteiger charge is -2.10. The summed E-state index contributed by atoms with van der Waals surface area (Å²) in [7, 11) is 0. The van der Waals surface area contributed by atoms with Crippen molar-refractivity contribution in [2.45, 2.75) is 20.0 Å². The maximum absolute atomic E-state index is 6.07. The molecule has 94 valence electrons. The molecule has 0 spiro atoms. The number of halogens is 1. The van der Waals surface area contributed by atoms with Crippen LogP contribution in [0.3, 0.4) is 0 Å². The molecule has 0 atom stereocenters. The highest BCUT2D eigenvalue weighted by Gasteiger charge is 2.17. The molecule has 0 unspecified atom stereocenters. The average Bonchev–Trinajstić information content (AvgIpc) is 2.76. The van der Waals surface area contributed by atoms with Crippen molar-refractivity contribution in [2.75, 3.05) is 26.3 Å². The van der Waals surface area contributed by atoms with Gasteiger partial charge < -0.3 is 14.8 Å². The van der Waals surface area contributed by atoms with E-state index < -0.39 is 0 Å². The van der Waals surface area contributed by atoms with E-state index in [0.29, 0.717) is 13.2 Å². The summed E-state index contributed by atoms with van der Waals surface area (Å²) in [6, 6.07) is 3.91. The van der Waals surface area contributed by atoms with Crippen LogP contribution in [0.25, 0.3) is 0 Å². The molecule has 2 rings (SSSR count). The zero-order valence-corrected chi connectivity index (χ0v) is 10.8. The van der Waals surface area contributed by atoms with Crippen LogP contribution >= 0.6 is 11.6 Å². The van der Waals surface area contributed by atoms with Crippen molar-refractivity contribution < 1.29 is 9.47 Å². The molecule has 1 aromatic carbocycles.